The number of ether oxygens (including phenoxy) is 1. The Kier molecular flexibility index (Phi) is 4.16. The summed E-state index contributed by atoms with van der Waals surface area (Å²) >= 11 is 0. The van der Waals surface area contributed by atoms with E-state index in [4.69, 9.17) is 4.74 Å². The topological polar surface area (TPSA) is 26.3 Å². The van der Waals surface area contributed by atoms with Gasteiger partial charge in [-0.2, -0.15) is 0 Å². The summed E-state index contributed by atoms with van der Waals surface area (Å²) in [6.45, 7) is 3.54. The molecule has 3 rings (SSSR count). The molecule has 1 aliphatic carbocycles. The Labute approximate surface area is 134 Å². The average molecular weight is 316 g/mol. The molecule has 4 heteroatoms. The van der Waals surface area contributed by atoms with Crippen LogP contribution in [0.2, 0.25) is 0 Å². The molecule has 2 aromatic rings. The van der Waals surface area contributed by atoms with Crippen molar-refractivity contribution >= 4 is 5.97 Å². The van der Waals surface area contributed by atoms with Crippen LogP contribution in [0, 0.1) is 11.6 Å². The van der Waals surface area contributed by atoms with E-state index in [1.54, 1.807) is 13.8 Å². The number of hydrogen-bond acceptors (Lipinski definition) is 2. The second kappa shape index (κ2) is 6.11. The number of aryl methyl sites for hydroxylation is 2. The third kappa shape index (κ3) is 2.98. The van der Waals surface area contributed by atoms with Crippen molar-refractivity contribution in [2.45, 2.75) is 38.7 Å². The minimum atomic E-state index is -0.939. The molecule has 1 unspecified atom stereocenters. The lowest BCUT2D eigenvalue weighted by Gasteiger charge is -2.20. The van der Waals surface area contributed by atoms with Crippen LogP contribution in [0.4, 0.5) is 8.78 Å². The zero-order valence-corrected chi connectivity index (χ0v) is 13.1. The highest BCUT2D eigenvalue weighted by Crippen LogP contribution is 2.36. The van der Waals surface area contributed by atoms with Gasteiger partial charge in [0.15, 0.2) is 11.6 Å². The Balaban J connectivity index is 2.18. The molecule has 2 nitrogen and oxygen atoms in total. The number of halogens is 2. The molecule has 0 fully saturated rings. The number of rotatable bonds is 2. The number of fused-ring (bicyclic) bond motifs is 2. The van der Waals surface area contributed by atoms with Crippen LogP contribution in [0.15, 0.2) is 36.4 Å². The van der Waals surface area contributed by atoms with E-state index in [1.807, 2.05) is 24.3 Å². The summed E-state index contributed by atoms with van der Waals surface area (Å²) in [6.07, 6.45) is 0.973. The molecular weight excluding hydrogens is 298 g/mol. The first kappa shape index (κ1) is 15.7. The first-order valence-corrected chi connectivity index (χ1v) is 7.73. The maximum absolute atomic E-state index is 13.8. The first-order chi connectivity index (χ1) is 11.0. The molecule has 0 bridgehead atoms. The minimum absolute atomic E-state index is 0.272. The van der Waals surface area contributed by atoms with Gasteiger partial charge in [-0.3, -0.25) is 4.79 Å². The second-order valence-corrected chi connectivity index (χ2v) is 6.08. The third-order valence-electron chi connectivity index (χ3n) is 4.11. The molecule has 0 saturated heterocycles. The SMILES string of the molecule is CC(C)OC(=O)C1c2ccccc2CCc2cc(F)c(F)cc21. The van der Waals surface area contributed by atoms with Gasteiger partial charge < -0.3 is 4.74 Å². The lowest BCUT2D eigenvalue weighted by atomic mass is 9.88. The molecule has 0 N–H and O–H groups in total. The van der Waals surface area contributed by atoms with Gasteiger partial charge in [-0.25, -0.2) is 8.78 Å². The fourth-order valence-electron chi connectivity index (χ4n) is 3.12. The molecule has 1 aliphatic rings. The number of benzene rings is 2. The molecule has 0 aliphatic heterocycles. The van der Waals surface area contributed by atoms with Crippen LogP contribution in [-0.2, 0) is 22.4 Å². The van der Waals surface area contributed by atoms with Gasteiger partial charge in [-0.05, 0) is 61.1 Å². The second-order valence-electron chi connectivity index (χ2n) is 6.08. The van der Waals surface area contributed by atoms with Crippen LogP contribution in [0.5, 0.6) is 0 Å². The van der Waals surface area contributed by atoms with Crippen molar-refractivity contribution in [2.75, 3.05) is 0 Å². The highest BCUT2D eigenvalue weighted by atomic mass is 19.2. The number of hydrogen-bond donors (Lipinski definition) is 0. The molecule has 0 aromatic heterocycles. The summed E-state index contributed by atoms with van der Waals surface area (Å²) in [6, 6.07) is 9.90. The molecule has 0 spiro atoms. The van der Waals surface area contributed by atoms with E-state index >= 15 is 0 Å². The maximum Gasteiger partial charge on any atom is 0.318 e. The van der Waals surface area contributed by atoms with Crippen molar-refractivity contribution in [3.63, 3.8) is 0 Å². The van der Waals surface area contributed by atoms with E-state index < -0.39 is 23.5 Å². The van der Waals surface area contributed by atoms with E-state index in [-0.39, 0.29) is 6.10 Å². The van der Waals surface area contributed by atoms with Gasteiger partial charge in [0.1, 0.15) is 5.92 Å². The molecule has 2 aromatic carbocycles. The zero-order valence-electron chi connectivity index (χ0n) is 13.1. The minimum Gasteiger partial charge on any atom is -0.462 e. The largest absolute Gasteiger partial charge is 0.462 e. The lowest BCUT2D eigenvalue weighted by molar-refractivity contribution is -0.148. The molecule has 120 valence electrons. The molecular formula is C19H18F2O2. The predicted molar refractivity (Wildman–Crippen MR) is 83.3 cm³/mol. The fourth-order valence-corrected chi connectivity index (χ4v) is 3.12. The van der Waals surface area contributed by atoms with Gasteiger partial charge in [0.25, 0.3) is 0 Å². The van der Waals surface area contributed by atoms with Crippen LogP contribution in [-0.4, -0.2) is 12.1 Å². The Morgan fingerprint density at radius 2 is 1.70 bits per heavy atom. The quantitative estimate of drug-likeness (QED) is 0.778. The maximum atomic E-state index is 13.8. The highest BCUT2D eigenvalue weighted by molar-refractivity contribution is 5.83. The third-order valence-corrected chi connectivity index (χ3v) is 4.11. The van der Waals surface area contributed by atoms with Crippen LogP contribution in [0.3, 0.4) is 0 Å². The standard InChI is InChI=1S/C19H18F2O2/c1-11(2)23-19(22)18-14-6-4-3-5-12(14)7-8-13-9-16(20)17(21)10-15(13)18/h3-6,9-11,18H,7-8H2,1-2H3. The Hall–Kier alpha value is -2.23. The molecule has 0 amide bonds. The van der Waals surface area contributed by atoms with Gasteiger partial charge in [-0.15, -0.1) is 0 Å². The van der Waals surface area contributed by atoms with Crippen LogP contribution >= 0.6 is 0 Å². The number of esters is 1. The van der Waals surface area contributed by atoms with E-state index in [2.05, 4.69) is 0 Å². The molecule has 0 saturated carbocycles. The number of carbonyl (C=O) groups excluding carboxylic acids is 1. The Bertz CT molecular complexity index is 753. The van der Waals surface area contributed by atoms with Crippen molar-refractivity contribution in [1.82, 2.24) is 0 Å². The van der Waals surface area contributed by atoms with E-state index in [9.17, 15) is 13.6 Å². The summed E-state index contributed by atoms with van der Waals surface area (Å²) in [5.41, 5.74) is 2.98. The molecule has 23 heavy (non-hydrogen) atoms. The first-order valence-electron chi connectivity index (χ1n) is 7.73. The molecule has 0 heterocycles. The van der Waals surface area contributed by atoms with Crippen LogP contribution in [0.1, 0.15) is 42.0 Å². The van der Waals surface area contributed by atoms with Gasteiger partial charge in [0.05, 0.1) is 6.10 Å². The summed E-state index contributed by atoms with van der Waals surface area (Å²) in [5.74, 6) is -2.97. The van der Waals surface area contributed by atoms with E-state index in [0.29, 0.717) is 24.0 Å². The van der Waals surface area contributed by atoms with Crippen molar-refractivity contribution in [2.24, 2.45) is 0 Å². The zero-order chi connectivity index (χ0) is 16.6. The smallest absolute Gasteiger partial charge is 0.318 e. The Morgan fingerprint density at radius 3 is 2.43 bits per heavy atom. The van der Waals surface area contributed by atoms with Crippen molar-refractivity contribution < 1.29 is 18.3 Å². The molecule has 0 radical (unpaired) electrons. The van der Waals surface area contributed by atoms with Crippen molar-refractivity contribution in [1.29, 1.82) is 0 Å². The van der Waals surface area contributed by atoms with Gasteiger partial charge in [0.2, 0.25) is 0 Å². The average Bonchev–Trinajstić information content (AvgIpc) is 2.64. The monoisotopic (exact) mass is 316 g/mol. The van der Waals surface area contributed by atoms with Gasteiger partial charge in [0, 0.05) is 0 Å². The summed E-state index contributed by atoms with van der Waals surface area (Å²) < 4.78 is 32.8. The van der Waals surface area contributed by atoms with Gasteiger partial charge in [-0.1, -0.05) is 24.3 Å². The summed E-state index contributed by atoms with van der Waals surface area (Å²) in [5, 5.41) is 0. The van der Waals surface area contributed by atoms with E-state index in [1.165, 1.54) is 6.07 Å². The summed E-state index contributed by atoms with van der Waals surface area (Å²) in [4.78, 5) is 12.6. The van der Waals surface area contributed by atoms with Crippen LogP contribution < -0.4 is 0 Å². The van der Waals surface area contributed by atoms with E-state index in [0.717, 1.165) is 17.2 Å². The molecule has 1 atom stereocenters. The highest BCUT2D eigenvalue weighted by Gasteiger charge is 2.32. The number of carbonyl (C=O) groups is 1. The normalized spacial score (nSPS) is 16.5. The Morgan fingerprint density at radius 1 is 1.04 bits per heavy atom. The van der Waals surface area contributed by atoms with Crippen LogP contribution in [0.25, 0.3) is 0 Å². The fraction of sp³-hybridized carbons (Fsp3) is 0.316. The van der Waals surface area contributed by atoms with Crippen molar-refractivity contribution in [3.8, 4) is 0 Å². The van der Waals surface area contributed by atoms with Gasteiger partial charge >= 0.3 is 5.97 Å². The predicted octanol–water partition coefficient (Wildman–Crippen LogP) is 4.15. The summed E-state index contributed by atoms with van der Waals surface area (Å²) in [7, 11) is 0. The van der Waals surface area contributed by atoms with Crippen molar-refractivity contribution in [3.05, 3.63) is 70.3 Å². The lowest BCUT2D eigenvalue weighted by Crippen LogP contribution is -2.22.